The van der Waals surface area contributed by atoms with Gasteiger partial charge in [-0.3, -0.25) is 4.79 Å². The molecule has 0 saturated heterocycles. The van der Waals surface area contributed by atoms with Crippen molar-refractivity contribution in [2.75, 3.05) is 0 Å². The monoisotopic (exact) mass is 390 g/mol. The summed E-state index contributed by atoms with van der Waals surface area (Å²) in [5.74, 6) is -0.655. The summed E-state index contributed by atoms with van der Waals surface area (Å²) in [6.07, 6.45) is 2.64. The van der Waals surface area contributed by atoms with E-state index in [0.717, 1.165) is 24.0 Å². The number of aliphatic carboxylic acids is 1. The maximum Gasteiger partial charge on any atom is 0.310 e. The van der Waals surface area contributed by atoms with Gasteiger partial charge in [-0.2, -0.15) is 0 Å². The highest BCUT2D eigenvalue weighted by atomic mass is 35.5. The van der Waals surface area contributed by atoms with Crippen LogP contribution in [-0.4, -0.2) is 17.2 Å². The summed E-state index contributed by atoms with van der Waals surface area (Å²) < 4.78 is 18.9. The fourth-order valence-electron chi connectivity index (χ4n) is 3.15. The van der Waals surface area contributed by atoms with Gasteiger partial charge >= 0.3 is 5.97 Å². The van der Waals surface area contributed by atoms with Gasteiger partial charge in [-0.25, -0.2) is 4.39 Å². The Bertz CT molecular complexity index is 813. The van der Waals surface area contributed by atoms with Gasteiger partial charge in [0.05, 0.1) is 17.0 Å². The molecule has 0 aromatic heterocycles. The molecule has 1 atom stereocenters. The second-order valence-corrected chi connectivity index (χ2v) is 7.95. The van der Waals surface area contributed by atoms with E-state index in [-0.39, 0.29) is 12.0 Å². The molecule has 27 heavy (non-hydrogen) atoms. The third-order valence-corrected chi connectivity index (χ3v) is 5.00. The fourth-order valence-corrected chi connectivity index (χ4v) is 3.48. The van der Waals surface area contributed by atoms with Gasteiger partial charge in [0.1, 0.15) is 12.4 Å². The van der Waals surface area contributed by atoms with Crippen LogP contribution in [0, 0.1) is 5.92 Å². The van der Waals surface area contributed by atoms with E-state index in [1.54, 1.807) is 18.2 Å². The number of carbonyl (C=O) groups is 1. The molecule has 1 fully saturated rings. The van der Waals surface area contributed by atoms with E-state index in [4.69, 9.17) is 16.3 Å². The minimum atomic E-state index is -0.864. The smallest absolute Gasteiger partial charge is 0.310 e. The highest BCUT2D eigenvalue weighted by Crippen LogP contribution is 2.42. The van der Waals surface area contributed by atoms with Crippen LogP contribution in [0.3, 0.4) is 0 Å². The number of rotatable bonds is 8. The summed E-state index contributed by atoms with van der Waals surface area (Å²) in [6, 6.07) is 10.6. The van der Waals surface area contributed by atoms with Gasteiger partial charge < -0.3 is 9.84 Å². The summed E-state index contributed by atoms with van der Waals surface area (Å²) in [6.45, 7) is 3.48. The highest BCUT2D eigenvalue weighted by molar-refractivity contribution is 6.33. The van der Waals surface area contributed by atoms with Crippen LogP contribution in [0.15, 0.2) is 36.4 Å². The zero-order valence-electron chi connectivity index (χ0n) is 15.5. The van der Waals surface area contributed by atoms with Crippen LogP contribution in [0.2, 0.25) is 5.02 Å². The topological polar surface area (TPSA) is 46.5 Å². The predicted octanol–water partition coefficient (Wildman–Crippen LogP) is 6.23. The third-order valence-electron chi connectivity index (χ3n) is 4.70. The average molecular weight is 391 g/mol. The van der Waals surface area contributed by atoms with Crippen LogP contribution in [0.5, 0.6) is 5.75 Å². The third kappa shape index (κ3) is 4.81. The molecule has 3 rings (SSSR count). The Labute approximate surface area is 164 Å². The Kier molecular flexibility index (Phi) is 6.05. The number of carboxylic acid groups (broad SMARTS) is 1. The molecule has 0 aliphatic heterocycles. The van der Waals surface area contributed by atoms with E-state index in [1.807, 2.05) is 32.0 Å². The van der Waals surface area contributed by atoms with E-state index in [2.05, 4.69) is 0 Å². The Morgan fingerprint density at radius 3 is 2.44 bits per heavy atom. The van der Waals surface area contributed by atoms with Crippen molar-refractivity contribution in [2.24, 2.45) is 5.92 Å². The van der Waals surface area contributed by atoms with E-state index in [0.29, 0.717) is 28.3 Å². The maximum atomic E-state index is 12.8. The number of alkyl halides is 1. The van der Waals surface area contributed by atoms with Gasteiger partial charge in [-0.15, -0.1) is 0 Å². The number of carboxylic acids is 1. The number of ether oxygens (including phenoxy) is 1. The molecule has 1 N–H and O–H groups in total. The Hall–Kier alpha value is -2.07. The molecule has 2 aromatic rings. The quantitative estimate of drug-likeness (QED) is 0.581. The molecule has 0 amide bonds. The zero-order valence-corrected chi connectivity index (χ0v) is 16.3. The summed E-state index contributed by atoms with van der Waals surface area (Å²) >= 11 is 6.58. The van der Waals surface area contributed by atoms with Gasteiger partial charge in [0.15, 0.2) is 0 Å². The van der Waals surface area contributed by atoms with Crippen LogP contribution in [-0.2, 0) is 11.5 Å². The second kappa shape index (κ2) is 8.30. The van der Waals surface area contributed by atoms with Gasteiger partial charge in [0, 0.05) is 5.56 Å². The van der Waals surface area contributed by atoms with E-state index in [1.165, 1.54) is 0 Å². The van der Waals surface area contributed by atoms with Crippen molar-refractivity contribution in [1.29, 1.82) is 0 Å². The van der Waals surface area contributed by atoms with Gasteiger partial charge in [-0.1, -0.05) is 49.7 Å². The minimum Gasteiger partial charge on any atom is -0.490 e. The second-order valence-electron chi connectivity index (χ2n) is 7.54. The lowest BCUT2D eigenvalue weighted by Gasteiger charge is -2.20. The van der Waals surface area contributed by atoms with Gasteiger partial charge in [0.25, 0.3) is 0 Å². The number of hydrogen-bond acceptors (Lipinski definition) is 2. The molecule has 0 spiro atoms. The van der Waals surface area contributed by atoms with Crippen molar-refractivity contribution >= 4 is 17.6 Å². The van der Waals surface area contributed by atoms with Crippen molar-refractivity contribution in [1.82, 2.24) is 0 Å². The molecule has 1 unspecified atom stereocenters. The minimum absolute atomic E-state index is 0.147. The molecule has 0 radical (unpaired) electrons. The molecule has 5 heteroatoms. The van der Waals surface area contributed by atoms with E-state index < -0.39 is 18.6 Å². The average Bonchev–Trinajstić information content (AvgIpc) is 3.43. The van der Waals surface area contributed by atoms with Crippen LogP contribution in [0.1, 0.15) is 50.2 Å². The Balaban J connectivity index is 2.06. The number of halogens is 2. The first-order valence-corrected chi connectivity index (χ1v) is 9.65. The van der Waals surface area contributed by atoms with Crippen molar-refractivity contribution in [3.63, 3.8) is 0 Å². The van der Waals surface area contributed by atoms with Gasteiger partial charge in [-0.05, 0) is 54.0 Å². The predicted molar refractivity (Wildman–Crippen MR) is 105 cm³/mol. The SMILES string of the molecule is CC(C)CC(C(=O)O)c1cc(Cl)c(-c2ccc(CF)cc2)c(OC2CC2)c1. The first-order valence-electron chi connectivity index (χ1n) is 9.27. The number of hydrogen-bond donors (Lipinski definition) is 1. The number of benzene rings is 2. The Morgan fingerprint density at radius 2 is 1.93 bits per heavy atom. The molecular formula is C22H24ClFO3. The lowest BCUT2D eigenvalue weighted by atomic mass is 9.89. The Morgan fingerprint density at radius 1 is 1.26 bits per heavy atom. The van der Waals surface area contributed by atoms with Crippen LogP contribution in [0.4, 0.5) is 4.39 Å². The first kappa shape index (κ1) is 19.7. The molecule has 144 valence electrons. The molecule has 3 nitrogen and oxygen atoms in total. The maximum absolute atomic E-state index is 12.8. The normalized spacial score (nSPS) is 15.0. The molecule has 2 aromatic carbocycles. The molecular weight excluding hydrogens is 367 g/mol. The van der Waals surface area contributed by atoms with Crippen molar-refractivity contribution in [3.8, 4) is 16.9 Å². The molecule has 1 aliphatic rings. The van der Waals surface area contributed by atoms with Crippen LogP contribution < -0.4 is 4.74 Å². The van der Waals surface area contributed by atoms with Crippen molar-refractivity contribution in [3.05, 3.63) is 52.5 Å². The molecule has 1 saturated carbocycles. The molecule has 0 heterocycles. The van der Waals surface area contributed by atoms with Crippen molar-refractivity contribution in [2.45, 2.75) is 51.8 Å². The lowest BCUT2D eigenvalue weighted by molar-refractivity contribution is -0.139. The molecule has 1 aliphatic carbocycles. The zero-order chi connectivity index (χ0) is 19.6. The summed E-state index contributed by atoms with van der Waals surface area (Å²) in [5, 5.41) is 10.1. The lowest BCUT2D eigenvalue weighted by Crippen LogP contribution is -2.14. The highest BCUT2D eigenvalue weighted by Gasteiger charge is 2.28. The summed E-state index contributed by atoms with van der Waals surface area (Å²) in [7, 11) is 0. The van der Waals surface area contributed by atoms with Gasteiger partial charge in [0.2, 0.25) is 0 Å². The summed E-state index contributed by atoms with van der Waals surface area (Å²) in [4.78, 5) is 11.8. The first-order chi connectivity index (χ1) is 12.9. The van der Waals surface area contributed by atoms with Crippen molar-refractivity contribution < 1.29 is 19.0 Å². The van der Waals surface area contributed by atoms with Crippen LogP contribution in [0.25, 0.3) is 11.1 Å². The molecule has 0 bridgehead atoms. The largest absolute Gasteiger partial charge is 0.490 e. The fraction of sp³-hybridized carbons (Fsp3) is 0.409. The van der Waals surface area contributed by atoms with Crippen LogP contribution >= 0.6 is 11.6 Å². The van der Waals surface area contributed by atoms with E-state index in [9.17, 15) is 14.3 Å². The summed E-state index contributed by atoms with van der Waals surface area (Å²) in [5.41, 5.74) is 2.81. The standard InChI is InChI=1S/C22H24ClFO3/c1-13(2)9-18(22(25)26)16-10-19(23)21(20(11-16)27-17-7-8-17)15-5-3-14(12-24)4-6-15/h3-6,10-11,13,17-18H,7-9,12H2,1-2H3,(H,25,26). The van der Waals surface area contributed by atoms with E-state index >= 15 is 0 Å².